The summed E-state index contributed by atoms with van der Waals surface area (Å²) in [6.07, 6.45) is 3.74. The van der Waals surface area contributed by atoms with E-state index in [1.54, 1.807) is 0 Å². The van der Waals surface area contributed by atoms with Gasteiger partial charge in [-0.2, -0.15) is 0 Å². The number of aliphatic imine (C=N–C) groups is 1. The van der Waals surface area contributed by atoms with Crippen molar-refractivity contribution in [2.24, 2.45) is 4.99 Å². The van der Waals surface area contributed by atoms with Crippen molar-refractivity contribution >= 4 is 5.96 Å². The minimum Gasteiger partial charge on any atom is -0.356 e. The fraction of sp³-hybridized carbons (Fsp3) is 0.455. The van der Waals surface area contributed by atoms with Crippen LogP contribution in [0.1, 0.15) is 25.1 Å². The number of likely N-dealkylation sites (N-methyl/N-ethyl adjacent to an activating group) is 1. The monoisotopic (exact) mass is 367 g/mol. The number of nitrogens with one attached hydrogen (secondary N) is 2. The number of aromatic nitrogens is 1. The molecule has 0 radical (unpaired) electrons. The van der Waals surface area contributed by atoms with E-state index in [0.717, 1.165) is 50.7 Å². The molecule has 0 saturated carbocycles. The molecule has 0 spiro atoms. The van der Waals surface area contributed by atoms with Gasteiger partial charge in [0, 0.05) is 44.5 Å². The molecule has 0 aliphatic heterocycles. The van der Waals surface area contributed by atoms with Crippen molar-refractivity contribution in [3.63, 3.8) is 0 Å². The van der Waals surface area contributed by atoms with Crippen LogP contribution < -0.4 is 10.6 Å². The molecule has 1 atom stereocenters. The Bertz CT molecular complexity index is 653. The molecule has 5 nitrogen and oxygen atoms in total. The first kappa shape index (κ1) is 20.9. The molecule has 0 aliphatic carbocycles. The number of pyridine rings is 1. The van der Waals surface area contributed by atoms with Gasteiger partial charge in [-0.15, -0.1) is 0 Å². The normalized spacial score (nSPS) is 12.8. The Morgan fingerprint density at radius 1 is 1.04 bits per heavy atom. The van der Waals surface area contributed by atoms with E-state index in [-0.39, 0.29) is 0 Å². The summed E-state index contributed by atoms with van der Waals surface area (Å²) in [6, 6.07) is 17.1. The molecule has 5 heteroatoms. The van der Waals surface area contributed by atoms with Crippen molar-refractivity contribution in [1.82, 2.24) is 20.5 Å². The third-order valence-electron chi connectivity index (χ3n) is 4.77. The number of rotatable bonds is 10. The Labute approximate surface area is 163 Å². The third kappa shape index (κ3) is 7.39. The van der Waals surface area contributed by atoms with Crippen LogP contribution in [-0.4, -0.2) is 55.1 Å². The predicted octanol–water partition coefficient (Wildman–Crippen LogP) is 2.74. The number of benzene rings is 1. The first-order valence-corrected chi connectivity index (χ1v) is 9.89. The van der Waals surface area contributed by atoms with E-state index < -0.39 is 0 Å². The molecule has 2 rings (SSSR count). The van der Waals surface area contributed by atoms with Crippen LogP contribution in [0.25, 0.3) is 0 Å². The van der Waals surface area contributed by atoms with Crippen LogP contribution in [0.15, 0.2) is 59.7 Å². The summed E-state index contributed by atoms with van der Waals surface area (Å²) in [6.45, 7) is 8.21. The maximum atomic E-state index is 4.36. The van der Waals surface area contributed by atoms with Crippen molar-refractivity contribution in [1.29, 1.82) is 0 Å². The van der Waals surface area contributed by atoms with Gasteiger partial charge in [0.05, 0.1) is 0 Å². The third-order valence-corrected chi connectivity index (χ3v) is 4.77. The summed E-state index contributed by atoms with van der Waals surface area (Å²) in [5, 5.41) is 6.89. The van der Waals surface area contributed by atoms with Crippen molar-refractivity contribution in [3.8, 4) is 0 Å². The van der Waals surface area contributed by atoms with Crippen LogP contribution >= 0.6 is 0 Å². The molecule has 0 saturated heterocycles. The number of hydrogen-bond donors (Lipinski definition) is 2. The second kappa shape index (κ2) is 12.1. The second-order valence-corrected chi connectivity index (χ2v) is 6.52. The summed E-state index contributed by atoms with van der Waals surface area (Å²) in [7, 11) is 1.82. The highest BCUT2D eigenvalue weighted by atomic mass is 15.2. The van der Waals surface area contributed by atoms with Crippen molar-refractivity contribution in [3.05, 3.63) is 66.0 Å². The lowest BCUT2D eigenvalue weighted by Crippen LogP contribution is -2.48. The van der Waals surface area contributed by atoms with E-state index in [1.165, 1.54) is 5.56 Å². The molecule has 27 heavy (non-hydrogen) atoms. The average Bonchev–Trinajstić information content (AvgIpc) is 2.72. The lowest BCUT2D eigenvalue weighted by molar-refractivity contribution is 0.215. The zero-order valence-electron chi connectivity index (χ0n) is 16.9. The molecule has 1 heterocycles. The van der Waals surface area contributed by atoms with E-state index >= 15 is 0 Å². The van der Waals surface area contributed by atoms with Gasteiger partial charge in [-0.05, 0) is 37.2 Å². The highest BCUT2D eigenvalue weighted by Gasteiger charge is 2.16. The van der Waals surface area contributed by atoms with Crippen molar-refractivity contribution in [2.45, 2.75) is 32.7 Å². The summed E-state index contributed by atoms with van der Waals surface area (Å²) < 4.78 is 0. The molecule has 0 fully saturated rings. The van der Waals surface area contributed by atoms with Gasteiger partial charge in [0.2, 0.25) is 0 Å². The van der Waals surface area contributed by atoms with Crippen LogP contribution in [0.2, 0.25) is 0 Å². The van der Waals surface area contributed by atoms with E-state index in [4.69, 9.17) is 0 Å². The molecule has 1 aromatic carbocycles. The molecular weight excluding hydrogens is 334 g/mol. The lowest BCUT2D eigenvalue weighted by atomic mass is 10.0. The molecule has 1 unspecified atom stereocenters. The molecule has 1 aromatic heterocycles. The van der Waals surface area contributed by atoms with E-state index in [9.17, 15) is 0 Å². The summed E-state index contributed by atoms with van der Waals surface area (Å²) in [5.74, 6) is 0.844. The van der Waals surface area contributed by atoms with E-state index in [1.807, 2.05) is 31.4 Å². The standard InChI is InChI=1S/C22H33N5/c1-4-27(5-2)21(17-19-11-7-6-8-12-19)18-26-22(23-3)25-16-14-20-13-9-10-15-24-20/h6-13,15,21H,4-5,14,16-18H2,1-3H3,(H2,23,25,26). The quantitative estimate of drug-likeness (QED) is 0.501. The minimum absolute atomic E-state index is 0.428. The first-order valence-electron chi connectivity index (χ1n) is 9.89. The second-order valence-electron chi connectivity index (χ2n) is 6.52. The largest absolute Gasteiger partial charge is 0.356 e. The molecule has 146 valence electrons. The van der Waals surface area contributed by atoms with Crippen LogP contribution in [0.4, 0.5) is 0 Å². The summed E-state index contributed by atoms with van der Waals surface area (Å²) in [5.41, 5.74) is 2.46. The first-order chi connectivity index (χ1) is 13.3. The smallest absolute Gasteiger partial charge is 0.191 e. The van der Waals surface area contributed by atoms with E-state index in [2.05, 4.69) is 69.7 Å². The Kier molecular flexibility index (Phi) is 9.35. The van der Waals surface area contributed by atoms with Crippen LogP contribution in [0, 0.1) is 0 Å². The summed E-state index contributed by atoms with van der Waals surface area (Å²) >= 11 is 0. The highest BCUT2D eigenvalue weighted by molar-refractivity contribution is 5.79. The van der Waals surface area contributed by atoms with Gasteiger partial charge in [0.25, 0.3) is 0 Å². The fourth-order valence-electron chi connectivity index (χ4n) is 3.25. The van der Waals surface area contributed by atoms with Gasteiger partial charge in [0.15, 0.2) is 5.96 Å². The van der Waals surface area contributed by atoms with E-state index in [0.29, 0.717) is 6.04 Å². The lowest BCUT2D eigenvalue weighted by Gasteiger charge is -2.30. The maximum Gasteiger partial charge on any atom is 0.191 e. The van der Waals surface area contributed by atoms with Crippen LogP contribution in [-0.2, 0) is 12.8 Å². The van der Waals surface area contributed by atoms with Crippen molar-refractivity contribution < 1.29 is 0 Å². The van der Waals surface area contributed by atoms with Crippen molar-refractivity contribution in [2.75, 3.05) is 33.2 Å². The number of nitrogens with zero attached hydrogens (tertiary/aromatic N) is 3. The van der Waals surface area contributed by atoms with Crippen LogP contribution in [0.3, 0.4) is 0 Å². The highest BCUT2D eigenvalue weighted by Crippen LogP contribution is 2.08. The maximum absolute atomic E-state index is 4.36. The zero-order valence-corrected chi connectivity index (χ0v) is 16.9. The molecule has 0 amide bonds. The molecule has 0 bridgehead atoms. The number of guanidine groups is 1. The Hall–Kier alpha value is -2.40. The predicted molar refractivity (Wildman–Crippen MR) is 114 cm³/mol. The van der Waals surface area contributed by atoms with Gasteiger partial charge < -0.3 is 10.6 Å². The van der Waals surface area contributed by atoms with Gasteiger partial charge in [-0.3, -0.25) is 14.9 Å². The Balaban J connectivity index is 1.87. The zero-order chi connectivity index (χ0) is 19.3. The Morgan fingerprint density at radius 2 is 1.78 bits per heavy atom. The average molecular weight is 368 g/mol. The molecule has 0 aliphatic rings. The van der Waals surface area contributed by atoms with Gasteiger partial charge >= 0.3 is 0 Å². The topological polar surface area (TPSA) is 52.5 Å². The SMILES string of the molecule is CCN(CC)C(CNC(=NC)NCCc1ccccn1)Cc1ccccc1. The summed E-state index contributed by atoms with van der Waals surface area (Å²) in [4.78, 5) is 11.2. The molecule has 2 aromatic rings. The molecular formula is C22H33N5. The van der Waals surface area contributed by atoms with Gasteiger partial charge in [-0.1, -0.05) is 50.2 Å². The van der Waals surface area contributed by atoms with Gasteiger partial charge in [-0.25, -0.2) is 0 Å². The fourth-order valence-corrected chi connectivity index (χ4v) is 3.25. The van der Waals surface area contributed by atoms with Crippen LogP contribution in [0.5, 0.6) is 0 Å². The molecule has 2 N–H and O–H groups in total. The minimum atomic E-state index is 0.428. The number of hydrogen-bond acceptors (Lipinski definition) is 3. The Morgan fingerprint density at radius 3 is 2.41 bits per heavy atom. The van der Waals surface area contributed by atoms with Gasteiger partial charge in [0.1, 0.15) is 0 Å².